The minimum absolute atomic E-state index is 0.491. The molecule has 2 unspecified atom stereocenters. The Morgan fingerprint density at radius 1 is 1.42 bits per heavy atom. The van der Waals surface area contributed by atoms with E-state index in [0.717, 1.165) is 11.4 Å². The number of hydrogen-bond donors (Lipinski definition) is 1. The summed E-state index contributed by atoms with van der Waals surface area (Å²) < 4.78 is 0. The van der Waals surface area contributed by atoms with Crippen LogP contribution in [0.2, 0.25) is 0 Å². The van der Waals surface area contributed by atoms with Crippen LogP contribution >= 0.6 is 11.3 Å². The van der Waals surface area contributed by atoms with Gasteiger partial charge in [0.25, 0.3) is 0 Å². The van der Waals surface area contributed by atoms with Gasteiger partial charge in [-0.25, -0.2) is 4.98 Å². The number of fused-ring (bicyclic) bond motifs is 1. The molecule has 0 fully saturated rings. The van der Waals surface area contributed by atoms with Crippen LogP contribution in [0.1, 0.15) is 34.2 Å². The Morgan fingerprint density at radius 2 is 2.26 bits per heavy atom. The van der Waals surface area contributed by atoms with Gasteiger partial charge in [-0.3, -0.25) is 0 Å². The molecule has 1 N–H and O–H groups in total. The van der Waals surface area contributed by atoms with E-state index in [1.54, 1.807) is 11.3 Å². The van der Waals surface area contributed by atoms with E-state index < -0.39 is 0 Å². The van der Waals surface area contributed by atoms with Gasteiger partial charge in [-0.05, 0) is 37.9 Å². The highest BCUT2D eigenvalue weighted by Crippen LogP contribution is 2.36. The highest BCUT2D eigenvalue weighted by Gasteiger charge is 2.29. The average Bonchev–Trinajstić information content (AvgIpc) is 3.02. The molecule has 0 radical (unpaired) electrons. The summed E-state index contributed by atoms with van der Waals surface area (Å²) in [5.74, 6) is 0.628. The average molecular weight is 272 g/mol. The second-order valence-electron chi connectivity index (χ2n) is 5.30. The van der Waals surface area contributed by atoms with Crippen LogP contribution in [0, 0.1) is 6.92 Å². The van der Waals surface area contributed by atoms with Gasteiger partial charge in [-0.2, -0.15) is 0 Å². The maximum absolute atomic E-state index is 4.60. The van der Waals surface area contributed by atoms with Gasteiger partial charge in [-0.1, -0.05) is 24.3 Å². The SMILES string of the molecule is CNC(Cc1csc(C)n1)C1CCc2ccccc21. The lowest BCUT2D eigenvalue weighted by Gasteiger charge is -2.23. The van der Waals surface area contributed by atoms with Gasteiger partial charge in [0, 0.05) is 23.8 Å². The molecule has 1 aromatic heterocycles. The zero-order valence-corrected chi connectivity index (χ0v) is 12.3. The molecule has 100 valence electrons. The topological polar surface area (TPSA) is 24.9 Å². The van der Waals surface area contributed by atoms with Crippen LogP contribution in [0.5, 0.6) is 0 Å². The van der Waals surface area contributed by atoms with Gasteiger partial charge in [0.1, 0.15) is 0 Å². The van der Waals surface area contributed by atoms with Gasteiger partial charge in [-0.15, -0.1) is 11.3 Å². The number of aryl methyl sites for hydroxylation is 2. The number of likely N-dealkylation sites (N-methyl/N-ethyl adjacent to an activating group) is 1. The lowest BCUT2D eigenvalue weighted by atomic mass is 9.90. The van der Waals surface area contributed by atoms with Crippen LogP contribution in [-0.2, 0) is 12.8 Å². The largest absolute Gasteiger partial charge is 0.316 e. The van der Waals surface area contributed by atoms with Crippen LogP contribution < -0.4 is 5.32 Å². The first-order chi connectivity index (χ1) is 9.28. The Hall–Kier alpha value is -1.19. The molecule has 0 spiro atoms. The molecular formula is C16H20N2S. The van der Waals surface area contributed by atoms with Crippen molar-refractivity contribution in [2.24, 2.45) is 0 Å². The normalized spacial score (nSPS) is 19.4. The smallest absolute Gasteiger partial charge is 0.0897 e. The molecule has 0 amide bonds. The highest BCUT2D eigenvalue weighted by molar-refractivity contribution is 7.09. The monoisotopic (exact) mass is 272 g/mol. The quantitative estimate of drug-likeness (QED) is 0.923. The molecule has 0 aliphatic heterocycles. The number of thiazole rings is 1. The maximum atomic E-state index is 4.60. The molecule has 3 heteroatoms. The molecule has 2 atom stereocenters. The molecule has 0 bridgehead atoms. The molecular weight excluding hydrogens is 252 g/mol. The summed E-state index contributed by atoms with van der Waals surface area (Å²) >= 11 is 1.75. The second kappa shape index (κ2) is 5.43. The summed E-state index contributed by atoms with van der Waals surface area (Å²) in [7, 11) is 2.07. The summed E-state index contributed by atoms with van der Waals surface area (Å²) in [6.07, 6.45) is 3.50. The van der Waals surface area contributed by atoms with Gasteiger partial charge in [0.05, 0.1) is 10.7 Å². The van der Waals surface area contributed by atoms with Crippen molar-refractivity contribution in [2.45, 2.75) is 38.1 Å². The van der Waals surface area contributed by atoms with Crippen molar-refractivity contribution in [3.63, 3.8) is 0 Å². The summed E-state index contributed by atoms with van der Waals surface area (Å²) in [6.45, 7) is 2.08. The van der Waals surface area contributed by atoms with Crippen molar-refractivity contribution in [1.82, 2.24) is 10.3 Å². The summed E-state index contributed by atoms with van der Waals surface area (Å²) in [5.41, 5.74) is 4.29. The molecule has 1 aliphatic carbocycles. The van der Waals surface area contributed by atoms with E-state index in [9.17, 15) is 0 Å². The van der Waals surface area contributed by atoms with Crippen LogP contribution in [0.15, 0.2) is 29.6 Å². The van der Waals surface area contributed by atoms with Crippen molar-refractivity contribution in [2.75, 3.05) is 7.05 Å². The molecule has 2 nitrogen and oxygen atoms in total. The standard InChI is InChI=1S/C16H20N2S/c1-11-18-13(10-19-11)9-16(17-2)15-8-7-12-5-3-4-6-14(12)15/h3-6,10,15-17H,7-9H2,1-2H3. The zero-order valence-electron chi connectivity index (χ0n) is 11.5. The van der Waals surface area contributed by atoms with Crippen molar-refractivity contribution < 1.29 is 0 Å². The molecule has 0 saturated carbocycles. The van der Waals surface area contributed by atoms with Crippen molar-refractivity contribution in [3.8, 4) is 0 Å². The number of nitrogens with zero attached hydrogens (tertiary/aromatic N) is 1. The number of nitrogens with one attached hydrogen (secondary N) is 1. The van der Waals surface area contributed by atoms with Gasteiger partial charge in [0.15, 0.2) is 0 Å². The maximum Gasteiger partial charge on any atom is 0.0897 e. The van der Waals surface area contributed by atoms with Crippen LogP contribution in [0.3, 0.4) is 0 Å². The summed E-state index contributed by atoms with van der Waals surface area (Å²) in [5, 5.41) is 6.87. The van der Waals surface area contributed by atoms with E-state index >= 15 is 0 Å². The van der Waals surface area contributed by atoms with Crippen LogP contribution in [-0.4, -0.2) is 18.1 Å². The molecule has 0 saturated heterocycles. The Kier molecular flexibility index (Phi) is 3.67. The van der Waals surface area contributed by atoms with E-state index in [-0.39, 0.29) is 0 Å². The lowest BCUT2D eigenvalue weighted by Crippen LogP contribution is -2.33. The van der Waals surface area contributed by atoms with Gasteiger partial charge >= 0.3 is 0 Å². The first-order valence-corrected chi connectivity index (χ1v) is 7.82. The number of aromatic nitrogens is 1. The fourth-order valence-electron chi connectivity index (χ4n) is 3.18. The minimum Gasteiger partial charge on any atom is -0.316 e. The van der Waals surface area contributed by atoms with Crippen molar-refractivity contribution in [3.05, 3.63) is 51.5 Å². The third-order valence-electron chi connectivity index (χ3n) is 4.13. The Bertz CT molecular complexity index is 561. The fraction of sp³-hybridized carbons (Fsp3) is 0.438. The van der Waals surface area contributed by atoms with E-state index in [0.29, 0.717) is 12.0 Å². The predicted molar refractivity (Wildman–Crippen MR) is 80.9 cm³/mol. The predicted octanol–water partition coefficient (Wildman–Crippen LogP) is 3.31. The Labute approximate surface area is 118 Å². The molecule has 1 aliphatic rings. The van der Waals surface area contributed by atoms with E-state index in [4.69, 9.17) is 0 Å². The van der Waals surface area contributed by atoms with Gasteiger partial charge < -0.3 is 5.32 Å². The lowest BCUT2D eigenvalue weighted by molar-refractivity contribution is 0.453. The third-order valence-corrected chi connectivity index (χ3v) is 4.95. The van der Waals surface area contributed by atoms with Crippen molar-refractivity contribution in [1.29, 1.82) is 0 Å². The van der Waals surface area contributed by atoms with Crippen LogP contribution in [0.25, 0.3) is 0 Å². The van der Waals surface area contributed by atoms with E-state index in [1.807, 2.05) is 0 Å². The minimum atomic E-state index is 0.491. The number of rotatable bonds is 4. The summed E-state index contributed by atoms with van der Waals surface area (Å²) in [4.78, 5) is 4.60. The Morgan fingerprint density at radius 3 is 3.00 bits per heavy atom. The Balaban J connectivity index is 1.80. The van der Waals surface area contributed by atoms with Gasteiger partial charge in [0.2, 0.25) is 0 Å². The third kappa shape index (κ3) is 2.58. The first kappa shape index (κ1) is 12.8. The first-order valence-electron chi connectivity index (χ1n) is 6.94. The van der Waals surface area contributed by atoms with Crippen LogP contribution in [0.4, 0.5) is 0 Å². The highest BCUT2D eigenvalue weighted by atomic mass is 32.1. The molecule has 1 aromatic carbocycles. The number of benzene rings is 1. The van der Waals surface area contributed by atoms with Crippen molar-refractivity contribution >= 4 is 11.3 Å². The molecule has 1 heterocycles. The molecule has 2 aromatic rings. The fourth-order valence-corrected chi connectivity index (χ4v) is 3.81. The zero-order chi connectivity index (χ0) is 13.2. The molecule has 3 rings (SSSR count). The summed E-state index contributed by atoms with van der Waals surface area (Å²) in [6, 6.07) is 9.37. The second-order valence-corrected chi connectivity index (χ2v) is 6.36. The van der Waals surface area contributed by atoms with E-state index in [1.165, 1.54) is 29.7 Å². The van der Waals surface area contributed by atoms with E-state index in [2.05, 4.69) is 53.9 Å². The number of hydrogen-bond acceptors (Lipinski definition) is 3. The molecule has 19 heavy (non-hydrogen) atoms.